The van der Waals surface area contributed by atoms with Gasteiger partial charge in [-0.15, -0.1) is 22.7 Å². The molecule has 0 fully saturated rings. The Hall–Kier alpha value is -4.15. The van der Waals surface area contributed by atoms with E-state index >= 15 is 17.6 Å². The lowest BCUT2D eigenvalue weighted by atomic mass is 9.94. The molecule has 0 saturated carbocycles. The van der Waals surface area contributed by atoms with E-state index in [0.717, 1.165) is 22.7 Å². The number of rotatable bonds is 6. The van der Waals surface area contributed by atoms with E-state index < -0.39 is 28.9 Å². The SMILES string of the molecule is Cc1sc(-c2ccccc2)cc1C1=C(c2cc(-c3ccc(C(=O)Nc4ccccc4)cc3)sc2C)C(F)(F)C(F)(F)C1(F)F. The fourth-order valence-electron chi connectivity index (χ4n) is 5.29. The first-order chi connectivity index (χ1) is 20.8. The van der Waals surface area contributed by atoms with E-state index in [4.69, 9.17) is 0 Å². The molecule has 6 rings (SSSR count). The lowest BCUT2D eigenvalue weighted by Crippen LogP contribution is -2.48. The molecule has 2 aromatic heterocycles. The Morgan fingerprint density at radius 1 is 0.614 bits per heavy atom. The molecule has 1 N–H and O–H groups in total. The molecule has 0 spiro atoms. The number of halogens is 6. The highest BCUT2D eigenvalue weighted by atomic mass is 32.1. The van der Waals surface area contributed by atoms with Crippen molar-refractivity contribution in [1.29, 1.82) is 0 Å². The number of thiophene rings is 2. The number of hydrogen-bond acceptors (Lipinski definition) is 3. The summed E-state index contributed by atoms with van der Waals surface area (Å²) in [4.78, 5) is 13.9. The molecule has 1 amide bonds. The van der Waals surface area contributed by atoms with Crippen LogP contribution in [0.2, 0.25) is 0 Å². The molecule has 2 nitrogen and oxygen atoms in total. The Morgan fingerprint density at radius 2 is 1.05 bits per heavy atom. The number of aryl methyl sites for hydroxylation is 2. The summed E-state index contributed by atoms with van der Waals surface area (Å²) in [5, 5.41) is 2.76. The number of amides is 1. The number of carbonyl (C=O) groups excluding carboxylic acids is 1. The highest BCUT2D eigenvalue weighted by molar-refractivity contribution is 7.16. The van der Waals surface area contributed by atoms with Gasteiger partial charge < -0.3 is 5.32 Å². The molecule has 1 aliphatic carbocycles. The molecular weight excluding hydrogens is 617 g/mol. The highest BCUT2D eigenvalue weighted by Crippen LogP contribution is 2.66. The smallest absolute Gasteiger partial charge is 0.322 e. The predicted octanol–water partition coefficient (Wildman–Crippen LogP) is 10.8. The Labute approximate surface area is 257 Å². The number of hydrogen-bond donors (Lipinski definition) is 1. The fourth-order valence-corrected chi connectivity index (χ4v) is 7.35. The Balaban J connectivity index is 1.43. The summed E-state index contributed by atoms with van der Waals surface area (Å²) in [5.74, 6) is -16.3. The minimum atomic E-state index is -5.64. The Morgan fingerprint density at radius 3 is 1.52 bits per heavy atom. The summed E-state index contributed by atoms with van der Waals surface area (Å²) in [7, 11) is 0. The van der Waals surface area contributed by atoms with Gasteiger partial charge >= 0.3 is 17.8 Å². The van der Waals surface area contributed by atoms with Crippen LogP contribution < -0.4 is 5.32 Å². The summed E-state index contributed by atoms with van der Waals surface area (Å²) in [6.07, 6.45) is 0. The lowest BCUT2D eigenvalue weighted by molar-refractivity contribution is -0.254. The molecule has 10 heteroatoms. The standard InChI is InChI=1S/C34H23F6NOS2/c1-19-25(17-27(43-19)21-9-5-3-6-10-21)29-30(33(37,38)34(39,40)32(29,35)36)26-18-28(44-20(26)2)22-13-15-23(16-14-22)31(42)41-24-11-7-4-8-12-24/h3-18H,1-2H3,(H,41,42). The van der Waals surface area contributed by atoms with Gasteiger partial charge in [0.05, 0.1) is 0 Å². The first kappa shape index (κ1) is 29.9. The first-order valence-corrected chi connectivity index (χ1v) is 15.1. The van der Waals surface area contributed by atoms with Crippen molar-refractivity contribution in [2.75, 3.05) is 5.32 Å². The van der Waals surface area contributed by atoms with Gasteiger partial charge in [0.1, 0.15) is 0 Å². The third-order valence-corrected chi connectivity index (χ3v) is 9.76. The molecule has 0 bridgehead atoms. The minimum absolute atomic E-state index is 0.183. The van der Waals surface area contributed by atoms with Crippen molar-refractivity contribution < 1.29 is 31.1 Å². The number of alkyl halides is 6. The Bertz CT molecular complexity index is 1890. The van der Waals surface area contributed by atoms with Gasteiger partial charge in [0.2, 0.25) is 0 Å². The zero-order valence-corrected chi connectivity index (χ0v) is 24.9. The van der Waals surface area contributed by atoms with E-state index in [0.29, 0.717) is 32.1 Å². The topological polar surface area (TPSA) is 29.1 Å². The lowest BCUT2D eigenvalue weighted by Gasteiger charge is -2.25. The largest absolute Gasteiger partial charge is 0.380 e. The van der Waals surface area contributed by atoms with Crippen LogP contribution in [0.25, 0.3) is 32.0 Å². The third kappa shape index (κ3) is 4.77. The molecule has 1 aliphatic rings. The molecule has 0 radical (unpaired) electrons. The van der Waals surface area contributed by atoms with Gasteiger partial charge in [0.25, 0.3) is 5.91 Å². The maximum absolute atomic E-state index is 15.6. The van der Waals surface area contributed by atoms with Crippen LogP contribution in [-0.2, 0) is 0 Å². The average molecular weight is 640 g/mol. The van der Waals surface area contributed by atoms with Crippen molar-refractivity contribution in [3.63, 3.8) is 0 Å². The van der Waals surface area contributed by atoms with Crippen LogP contribution in [0.5, 0.6) is 0 Å². The summed E-state index contributed by atoms with van der Waals surface area (Å²) in [5.41, 5.74) is -1.31. The van der Waals surface area contributed by atoms with Crippen molar-refractivity contribution in [1.82, 2.24) is 0 Å². The van der Waals surface area contributed by atoms with Crippen LogP contribution in [0.15, 0.2) is 97.1 Å². The highest BCUT2D eigenvalue weighted by Gasteiger charge is 2.80. The van der Waals surface area contributed by atoms with E-state index in [9.17, 15) is 13.6 Å². The maximum Gasteiger partial charge on any atom is 0.380 e. The third-order valence-electron chi connectivity index (χ3n) is 7.56. The van der Waals surface area contributed by atoms with E-state index in [1.54, 1.807) is 78.9 Å². The molecule has 5 aromatic rings. The summed E-state index contributed by atoms with van der Waals surface area (Å²) in [6.45, 7) is 2.90. The fraction of sp³-hybridized carbons (Fsp3) is 0.147. The maximum atomic E-state index is 15.6. The molecule has 44 heavy (non-hydrogen) atoms. The number of benzene rings is 3. The molecule has 224 valence electrons. The van der Waals surface area contributed by atoms with Gasteiger partial charge in [-0.1, -0.05) is 60.7 Å². The van der Waals surface area contributed by atoms with Crippen molar-refractivity contribution in [3.8, 4) is 20.9 Å². The van der Waals surface area contributed by atoms with Crippen LogP contribution in [-0.4, -0.2) is 23.7 Å². The normalized spacial score (nSPS) is 16.7. The second-order valence-electron chi connectivity index (χ2n) is 10.4. The number of carbonyl (C=O) groups is 1. The molecule has 0 unspecified atom stereocenters. The van der Waals surface area contributed by atoms with Crippen LogP contribution in [0.4, 0.5) is 32.0 Å². The first-order valence-electron chi connectivity index (χ1n) is 13.5. The minimum Gasteiger partial charge on any atom is -0.322 e. The van der Waals surface area contributed by atoms with Gasteiger partial charge in [-0.05, 0) is 72.5 Å². The number of anilines is 1. The van der Waals surface area contributed by atoms with Crippen molar-refractivity contribution in [2.45, 2.75) is 31.6 Å². The Kier molecular flexibility index (Phi) is 7.33. The molecule has 2 heterocycles. The monoisotopic (exact) mass is 639 g/mol. The molecular formula is C34H23F6NOS2. The summed E-state index contributed by atoms with van der Waals surface area (Å²) >= 11 is 2.10. The van der Waals surface area contributed by atoms with Crippen LogP contribution in [0, 0.1) is 13.8 Å². The quantitative estimate of drug-likeness (QED) is 0.184. The molecule has 0 aliphatic heterocycles. The second kappa shape index (κ2) is 10.8. The van der Waals surface area contributed by atoms with Gasteiger partial charge in [-0.2, -0.15) is 26.3 Å². The van der Waals surface area contributed by atoms with E-state index in [-0.39, 0.29) is 26.8 Å². The van der Waals surface area contributed by atoms with E-state index in [1.807, 2.05) is 6.07 Å². The van der Waals surface area contributed by atoms with Crippen LogP contribution >= 0.6 is 22.7 Å². The zero-order valence-electron chi connectivity index (χ0n) is 23.2. The van der Waals surface area contributed by atoms with Crippen molar-refractivity contribution in [2.24, 2.45) is 0 Å². The molecule has 3 aromatic carbocycles. The van der Waals surface area contributed by atoms with Crippen molar-refractivity contribution >= 4 is 45.4 Å². The van der Waals surface area contributed by atoms with Gasteiger partial charge in [0.15, 0.2) is 0 Å². The van der Waals surface area contributed by atoms with E-state index in [2.05, 4.69) is 5.32 Å². The van der Waals surface area contributed by atoms with Crippen LogP contribution in [0.1, 0.15) is 31.2 Å². The van der Waals surface area contributed by atoms with Gasteiger partial charge in [-0.25, -0.2) is 0 Å². The second-order valence-corrected chi connectivity index (χ2v) is 12.9. The summed E-state index contributed by atoms with van der Waals surface area (Å²) in [6, 6.07) is 26.3. The van der Waals surface area contributed by atoms with E-state index in [1.165, 1.54) is 26.0 Å². The summed E-state index contributed by atoms with van der Waals surface area (Å²) < 4.78 is 92.1. The number of nitrogens with one attached hydrogen (secondary N) is 1. The zero-order chi connectivity index (χ0) is 31.4. The van der Waals surface area contributed by atoms with Crippen molar-refractivity contribution in [3.05, 3.63) is 124 Å². The van der Waals surface area contributed by atoms with Gasteiger partial charge in [-0.3, -0.25) is 4.79 Å². The number of allylic oxidation sites excluding steroid dienone is 2. The van der Waals surface area contributed by atoms with Crippen LogP contribution in [0.3, 0.4) is 0 Å². The van der Waals surface area contributed by atoms with Gasteiger partial charge in [0, 0.05) is 41.9 Å². The molecule has 0 saturated heterocycles. The predicted molar refractivity (Wildman–Crippen MR) is 165 cm³/mol. The number of para-hydroxylation sites is 1. The average Bonchev–Trinajstić information content (AvgIpc) is 3.60. The molecule has 0 atom stereocenters.